The van der Waals surface area contributed by atoms with Crippen molar-refractivity contribution in [1.82, 2.24) is 19.4 Å². The van der Waals surface area contributed by atoms with Crippen LogP contribution in [0.4, 0.5) is 0 Å². The fraction of sp³-hybridized carbons (Fsp3) is 0.812. The standard InChI is InChI=1S/C16H30N4O/c1-4-19(5-2)12-13-20-9-6-14(7-10-20)15(21)16-17-8-11-18(16)3/h8,11,14-15,21H,4-7,9-10,12-13H2,1-3H3. The lowest BCUT2D eigenvalue weighted by molar-refractivity contribution is 0.0487. The number of imidazole rings is 1. The minimum atomic E-state index is -0.421. The monoisotopic (exact) mass is 294 g/mol. The summed E-state index contributed by atoms with van der Waals surface area (Å²) in [6.45, 7) is 11.2. The largest absolute Gasteiger partial charge is 0.385 e. The molecular weight excluding hydrogens is 264 g/mol. The molecule has 0 aliphatic carbocycles. The van der Waals surface area contributed by atoms with Crippen LogP contribution in [-0.2, 0) is 7.05 Å². The van der Waals surface area contributed by atoms with Crippen LogP contribution in [0.1, 0.15) is 38.6 Å². The SMILES string of the molecule is CCN(CC)CCN1CCC(C(O)c2nccn2C)CC1. The van der Waals surface area contributed by atoms with Gasteiger partial charge in [-0.2, -0.15) is 0 Å². The summed E-state index contributed by atoms with van der Waals surface area (Å²) in [5.74, 6) is 1.15. The topological polar surface area (TPSA) is 44.5 Å². The number of hydrogen-bond donors (Lipinski definition) is 1. The Balaban J connectivity index is 1.77. The highest BCUT2D eigenvalue weighted by Gasteiger charge is 2.28. The van der Waals surface area contributed by atoms with Gasteiger partial charge in [-0.15, -0.1) is 0 Å². The number of aliphatic hydroxyl groups excluding tert-OH is 1. The van der Waals surface area contributed by atoms with Crippen LogP contribution in [0.3, 0.4) is 0 Å². The summed E-state index contributed by atoms with van der Waals surface area (Å²) in [4.78, 5) is 9.28. The van der Waals surface area contributed by atoms with Crippen LogP contribution in [0.25, 0.3) is 0 Å². The molecule has 1 N–H and O–H groups in total. The Labute approximate surface area is 128 Å². The number of piperidine rings is 1. The number of nitrogens with zero attached hydrogens (tertiary/aromatic N) is 4. The third-order valence-electron chi connectivity index (χ3n) is 4.83. The van der Waals surface area contributed by atoms with E-state index in [2.05, 4.69) is 28.6 Å². The minimum absolute atomic E-state index is 0.343. The van der Waals surface area contributed by atoms with Crippen LogP contribution in [0.2, 0.25) is 0 Å². The van der Waals surface area contributed by atoms with Crippen molar-refractivity contribution in [2.75, 3.05) is 39.3 Å². The Morgan fingerprint density at radius 2 is 2.00 bits per heavy atom. The Kier molecular flexibility index (Phi) is 6.21. The van der Waals surface area contributed by atoms with Crippen molar-refractivity contribution in [3.63, 3.8) is 0 Å². The van der Waals surface area contributed by atoms with E-state index >= 15 is 0 Å². The van der Waals surface area contributed by atoms with E-state index in [0.717, 1.165) is 57.9 Å². The smallest absolute Gasteiger partial charge is 0.137 e. The lowest BCUT2D eigenvalue weighted by Crippen LogP contribution is -2.40. The maximum atomic E-state index is 10.5. The first-order chi connectivity index (χ1) is 10.2. The molecule has 0 saturated carbocycles. The lowest BCUT2D eigenvalue weighted by Gasteiger charge is -2.35. The predicted molar refractivity (Wildman–Crippen MR) is 85.1 cm³/mol. The van der Waals surface area contributed by atoms with Gasteiger partial charge in [0.15, 0.2) is 0 Å². The quantitative estimate of drug-likeness (QED) is 0.828. The molecule has 1 aliphatic heterocycles. The summed E-state index contributed by atoms with van der Waals surface area (Å²) in [5, 5.41) is 10.5. The number of aromatic nitrogens is 2. The molecule has 1 aromatic rings. The van der Waals surface area contributed by atoms with Crippen molar-refractivity contribution in [1.29, 1.82) is 0 Å². The van der Waals surface area contributed by atoms with E-state index in [1.807, 2.05) is 17.8 Å². The molecule has 1 saturated heterocycles. The lowest BCUT2D eigenvalue weighted by atomic mass is 9.90. The average molecular weight is 294 g/mol. The van der Waals surface area contributed by atoms with Crippen molar-refractivity contribution >= 4 is 0 Å². The van der Waals surface area contributed by atoms with Gasteiger partial charge in [-0.05, 0) is 44.9 Å². The molecule has 5 heteroatoms. The van der Waals surface area contributed by atoms with E-state index in [9.17, 15) is 5.11 Å². The molecule has 1 aromatic heterocycles. The van der Waals surface area contributed by atoms with Crippen molar-refractivity contribution < 1.29 is 5.11 Å². The van der Waals surface area contributed by atoms with E-state index in [1.165, 1.54) is 0 Å². The van der Waals surface area contributed by atoms with Crippen LogP contribution in [0.15, 0.2) is 12.4 Å². The van der Waals surface area contributed by atoms with Gasteiger partial charge in [0.05, 0.1) is 0 Å². The molecule has 1 unspecified atom stereocenters. The predicted octanol–water partition coefficient (Wildman–Crippen LogP) is 1.51. The van der Waals surface area contributed by atoms with E-state index < -0.39 is 6.10 Å². The molecule has 0 bridgehead atoms. The number of aryl methyl sites for hydroxylation is 1. The highest BCUT2D eigenvalue weighted by molar-refractivity contribution is 4.98. The second kappa shape index (κ2) is 7.92. The summed E-state index contributed by atoms with van der Waals surface area (Å²) in [6.07, 6.45) is 5.36. The van der Waals surface area contributed by atoms with Crippen molar-refractivity contribution in [3.05, 3.63) is 18.2 Å². The highest BCUT2D eigenvalue weighted by Crippen LogP contribution is 2.29. The Bertz CT molecular complexity index is 408. The van der Waals surface area contributed by atoms with E-state index in [1.54, 1.807) is 6.20 Å². The van der Waals surface area contributed by atoms with Gasteiger partial charge in [0.1, 0.15) is 11.9 Å². The Morgan fingerprint density at radius 1 is 1.33 bits per heavy atom. The van der Waals surface area contributed by atoms with Crippen LogP contribution < -0.4 is 0 Å². The second-order valence-electron chi connectivity index (χ2n) is 6.05. The molecule has 0 amide bonds. The number of likely N-dealkylation sites (N-methyl/N-ethyl adjacent to an activating group) is 1. The first-order valence-corrected chi connectivity index (χ1v) is 8.25. The minimum Gasteiger partial charge on any atom is -0.385 e. The first-order valence-electron chi connectivity index (χ1n) is 8.25. The zero-order chi connectivity index (χ0) is 15.2. The summed E-state index contributed by atoms with van der Waals surface area (Å²) in [6, 6.07) is 0. The maximum Gasteiger partial charge on any atom is 0.137 e. The molecule has 21 heavy (non-hydrogen) atoms. The number of aliphatic hydroxyl groups is 1. The Hall–Kier alpha value is -0.910. The van der Waals surface area contributed by atoms with Gasteiger partial charge >= 0.3 is 0 Å². The molecule has 1 fully saturated rings. The second-order valence-corrected chi connectivity index (χ2v) is 6.05. The van der Waals surface area contributed by atoms with Crippen molar-refractivity contribution in [2.45, 2.75) is 32.8 Å². The zero-order valence-electron chi connectivity index (χ0n) is 13.7. The van der Waals surface area contributed by atoms with Crippen molar-refractivity contribution in [2.24, 2.45) is 13.0 Å². The van der Waals surface area contributed by atoms with Gasteiger partial charge < -0.3 is 19.5 Å². The van der Waals surface area contributed by atoms with Gasteiger partial charge in [0, 0.05) is 32.5 Å². The van der Waals surface area contributed by atoms with E-state index in [-0.39, 0.29) is 0 Å². The highest BCUT2D eigenvalue weighted by atomic mass is 16.3. The molecule has 1 atom stereocenters. The number of likely N-dealkylation sites (tertiary alicyclic amines) is 1. The normalized spacial score (nSPS) is 19.3. The molecule has 2 rings (SSSR count). The summed E-state index contributed by atoms with van der Waals surface area (Å²) < 4.78 is 1.93. The fourth-order valence-electron chi connectivity index (χ4n) is 3.19. The molecule has 120 valence electrons. The summed E-state index contributed by atoms with van der Waals surface area (Å²) in [5.41, 5.74) is 0. The summed E-state index contributed by atoms with van der Waals surface area (Å²) in [7, 11) is 1.95. The first kappa shape index (κ1) is 16.5. The fourth-order valence-corrected chi connectivity index (χ4v) is 3.19. The third kappa shape index (κ3) is 4.28. The zero-order valence-corrected chi connectivity index (χ0v) is 13.7. The Morgan fingerprint density at radius 3 is 2.52 bits per heavy atom. The van der Waals surface area contributed by atoms with Gasteiger partial charge in [-0.25, -0.2) is 4.98 Å². The molecule has 5 nitrogen and oxygen atoms in total. The van der Waals surface area contributed by atoms with Crippen LogP contribution in [-0.4, -0.2) is 63.7 Å². The molecule has 0 radical (unpaired) electrons. The molecule has 0 spiro atoms. The van der Waals surface area contributed by atoms with Crippen LogP contribution in [0.5, 0.6) is 0 Å². The van der Waals surface area contributed by atoms with Crippen molar-refractivity contribution in [3.8, 4) is 0 Å². The van der Waals surface area contributed by atoms with Gasteiger partial charge in [-0.1, -0.05) is 13.8 Å². The van der Waals surface area contributed by atoms with Gasteiger partial charge in [0.2, 0.25) is 0 Å². The van der Waals surface area contributed by atoms with E-state index in [4.69, 9.17) is 0 Å². The number of hydrogen-bond acceptors (Lipinski definition) is 4. The van der Waals surface area contributed by atoms with Crippen LogP contribution >= 0.6 is 0 Å². The van der Waals surface area contributed by atoms with Crippen LogP contribution in [0, 0.1) is 5.92 Å². The van der Waals surface area contributed by atoms with Gasteiger partial charge in [0.25, 0.3) is 0 Å². The maximum absolute atomic E-state index is 10.5. The molecule has 2 heterocycles. The average Bonchev–Trinajstić information content (AvgIpc) is 2.94. The molecule has 1 aliphatic rings. The number of rotatable bonds is 7. The van der Waals surface area contributed by atoms with Gasteiger partial charge in [-0.3, -0.25) is 0 Å². The molecule has 0 aromatic carbocycles. The summed E-state index contributed by atoms with van der Waals surface area (Å²) >= 11 is 0. The van der Waals surface area contributed by atoms with E-state index in [0.29, 0.717) is 5.92 Å². The third-order valence-corrected chi connectivity index (χ3v) is 4.83. The molecular formula is C16H30N4O.